The summed E-state index contributed by atoms with van der Waals surface area (Å²) in [6.45, 7) is 6.54. The molecule has 1 fully saturated rings. The molecule has 0 spiro atoms. The molecule has 1 aliphatic rings. The Morgan fingerprint density at radius 3 is 2.67 bits per heavy atom. The number of likely N-dealkylation sites (tertiary alicyclic amines) is 1. The van der Waals surface area contributed by atoms with Crippen LogP contribution in [0.5, 0.6) is 0 Å². The highest BCUT2D eigenvalue weighted by molar-refractivity contribution is 9.10. The van der Waals surface area contributed by atoms with Crippen LogP contribution < -0.4 is 0 Å². The molecule has 0 radical (unpaired) electrons. The number of carbonyl (C=O) groups excluding carboxylic acids is 2. The number of hydrogen-bond acceptors (Lipinski definition) is 2. The molecule has 2 heterocycles. The van der Waals surface area contributed by atoms with Crippen molar-refractivity contribution in [1.29, 1.82) is 0 Å². The third kappa shape index (κ3) is 2.36. The number of amides is 2. The smallest absolute Gasteiger partial charge is 0.277 e. The lowest BCUT2D eigenvalue weighted by molar-refractivity contribution is -0.125. The SMILES string of the molecule is CC1CC(=O)N(C(=O)c2cc(Br)cn2C(C)C)C1. The summed E-state index contributed by atoms with van der Waals surface area (Å²) in [6.07, 6.45) is 2.34. The van der Waals surface area contributed by atoms with Gasteiger partial charge in [0.2, 0.25) is 5.91 Å². The van der Waals surface area contributed by atoms with Crippen molar-refractivity contribution in [3.05, 3.63) is 22.4 Å². The highest BCUT2D eigenvalue weighted by Crippen LogP contribution is 2.24. The predicted molar refractivity (Wildman–Crippen MR) is 72.3 cm³/mol. The van der Waals surface area contributed by atoms with E-state index in [1.807, 2.05) is 31.5 Å². The quantitative estimate of drug-likeness (QED) is 0.788. The zero-order chi connectivity index (χ0) is 13.4. The van der Waals surface area contributed by atoms with Gasteiger partial charge in [-0.25, -0.2) is 0 Å². The van der Waals surface area contributed by atoms with E-state index >= 15 is 0 Å². The summed E-state index contributed by atoms with van der Waals surface area (Å²) < 4.78 is 2.75. The number of aromatic nitrogens is 1. The summed E-state index contributed by atoms with van der Waals surface area (Å²) >= 11 is 3.38. The summed E-state index contributed by atoms with van der Waals surface area (Å²) in [6, 6.07) is 1.96. The molecule has 5 heteroatoms. The first-order valence-electron chi connectivity index (χ1n) is 6.12. The number of imide groups is 1. The van der Waals surface area contributed by atoms with Crippen LogP contribution in [0.1, 0.15) is 43.7 Å². The van der Waals surface area contributed by atoms with Crippen molar-refractivity contribution in [2.75, 3.05) is 6.54 Å². The predicted octanol–water partition coefficient (Wildman–Crippen LogP) is 2.84. The van der Waals surface area contributed by atoms with E-state index in [9.17, 15) is 9.59 Å². The molecule has 2 amide bonds. The second-order valence-corrected chi connectivity index (χ2v) is 6.08. The molecule has 2 rings (SSSR count). The van der Waals surface area contributed by atoms with E-state index in [0.717, 1.165) is 4.47 Å². The average Bonchev–Trinajstić information content (AvgIpc) is 2.81. The van der Waals surface area contributed by atoms with E-state index in [-0.39, 0.29) is 23.8 Å². The second-order valence-electron chi connectivity index (χ2n) is 5.16. The minimum Gasteiger partial charge on any atom is -0.340 e. The fraction of sp³-hybridized carbons (Fsp3) is 0.538. The van der Waals surface area contributed by atoms with Crippen LogP contribution in [-0.2, 0) is 4.79 Å². The van der Waals surface area contributed by atoms with Crippen LogP contribution in [0.3, 0.4) is 0 Å². The molecule has 1 aliphatic heterocycles. The Labute approximate surface area is 115 Å². The van der Waals surface area contributed by atoms with Gasteiger partial charge < -0.3 is 4.57 Å². The highest BCUT2D eigenvalue weighted by atomic mass is 79.9. The van der Waals surface area contributed by atoms with Crippen molar-refractivity contribution < 1.29 is 9.59 Å². The third-order valence-corrected chi connectivity index (χ3v) is 3.59. The van der Waals surface area contributed by atoms with Crippen molar-refractivity contribution in [2.24, 2.45) is 5.92 Å². The van der Waals surface area contributed by atoms with Crippen LogP contribution in [0.15, 0.2) is 16.7 Å². The topological polar surface area (TPSA) is 42.3 Å². The molecular formula is C13H17BrN2O2. The van der Waals surface area contributed by atoms with Crippen LogP contribution in [0.25, 0.3) is 0 Å². The number of carbonyl (C=O) groups is 2. The zero-order valence-electron chi connectivity index (χ0n) is 10.8. The minimum atomic E-state index is -0.191. The maximum absolute atomic E-state index is 12.4. The van der Waals surface area contributed by atoms with Gasteiger partial charge in [-0.3, -0.25) is 14.5 Å². The lowest BCUT2D eigenvalue weighted by Gasteiger charge is -2.17. The Hall–Kier alpha value is -1.10. The number of rotatable bonds is 2. The largest absolute Gasteiger partial charge is 0.340 e. The van der Waals surface area contributed by atoms with Gasteiger partial charge in [-0.1, -0.05) is 6.92 Å². The standard InChI is InChI=1S/C13H17BrN2O2/c1-8(2)15-7-10(14)5-11(15)13(18)16-6-9(3)4-12(16)17/h5,7-9H,4,6H2,1-3H3. The first kappa shape index (κ1) is 13.3. The van der Waals surface area contributed by atoms with Gasteiger partial charge in [0.15, 0.2) is 0 Å². The Bertz CT molecular complexity index is 493. The van der Waals surface area contributed by atoms with Crippen molar-refractivity contribution >= 4 is 27.7 Å². The van der Waals surface area contributed by atoms with Crippen LogP contribution in [0.2, 0.25) is 0 Å². The molecule has 0 aliphatic carbocycles. The maximum Gasteiger partial charge on any atom is 0.277 e. The van der Waals surface area contributed by atoms with Crippen LogP contribution in [0.4, 0.5) is 0 Å². The molecule has 18 heavy (non-hydrogen) atoms. The molecule has 98 valence electrons. The molecule has 0 aromatic carbocycles. The van der Waals surface area contributed by atoms with Gasteiger partial charge in [0.05, 0.1) is 0 Å². The van der Waals surface area contributed by atoms with Crippen molar-refractivity contribution in [2.45, 2.75) is 33.2 Å². The number of nitrogens with zero attached hydrogens (tertiary/aromatic N) is 2. The summed E-state index contributed by atoms with van der Waals surface area (Å²) in [7, 11) is 0. The first-order valence-corrected chi connectivity index (χ1v) is 6.91. The summed E-state index contributed by atoms with van der Waals surface area (Å²) in [5.74, 6) is -0.00349. The molecule has 0 N–H and O–H groups in total. The van der Waals surface area contributed by atoms with E-state index < -0.39 is 0 Å². The molecule has 1 saturated heterocycles. The molecule has 1 unspecified atom stereocenters. The van der Waals surface area contributed by atoms with Gasteiger partial charge in [0.1, 0.15) is 5.69 Å². The fourth-order valence-corrected chi connectivity index (χ4v) is 2.70. The lowest BCUT2D eigenvalue weighted by Crippen LogP contribution is -2.33. The van der Waals surface area contributed by atoms with Crippen LogP contribution >= 0.6 is 15.9 Å². The first-order chi connectivity index (χ1) is 8.40. The lowest BCUT2D eigenvalue weighted by atomic mass is 10.2. The second kappa shape index (κ2) is 4.88. The van der Waals surface area contributed by atoms with Gasteiger partial charge in [0, 0.05) is 29.7 Å². The van der Waals surface area contributed by atoms with Crippen LogP contribution in [-0.4, -0.2) is 27.8 Å². The average molecular weight is 313 g/mol. The summed E-state index contributed by atoms with van der Waals surface area (Å²) in [5.41, 5.74) is 0.569. The number of hydrogen-bond donors (Lipinski definition) is 0. The molecular weight excluding hydrogens is 296 g/mol. The van der Waals surface area contributed by atoms with Crippen molar-refractivity contribution in [3.63, 3.8) is 0 Å². The highest BCUT2D eigenvalue weighted by Gasteiger charge is 2.33. The zero-order valence-corrected chi connectivity index (χ0v) is 12.4. The third-order valence-electron chi connectivity index (χ3n) is 3.15. The molecule has 1 aromatic heterocycles. The van der Waals surface area contributed by atoms with E-state index in [4.69, 9.17) is 0 Å². The summed E-state index contributed by atoms with van der Waals surface area (Å²) in [5, 5.41) is 0. The van der Waals surface area contributed by atoms with E-state index in [2.05, 4.69) is 15.9 Å². The number of halogens is 1. The Morgan fingerprint density at radius 1 is 1.50 bits per heavy atom. The van der Waals surface area contributed by atoms with Gasteiger partial charge in [-0.05, 0) is 41.8 Å². The molecule has 4 nitrogen and oxygen atoms in total. The van der Waals surface area contributed by atoms with Gasteiger partial charge in [0.25, 0.3) is 5.91 Å². The van der Waals surface area contributed by atoms with Crippen LogP contribution in [0, 0.1) is 5.92 Å². The molecule has 1 aromatic rings. The maximum atomic E-state index is 12.4. The molecule has 0 saturated carbocycles. The van der Waals surface area contributed by atoms with Gasteiger partial charge in [-0.15, -0.1) is 0 Å². The van der Waals surface area contributed by atoms with E-state index in [1.54, 1.807) is 6.07 Å². The molecule has 0 bridgehead atoms. The fourth-order valence-electron chi connectivity index (χ4n) is 2.27. The van der Waals surface area contributed by atoms with Gasteiger partial charge in [-0.2, -0.15) is 0 Å². The van der Waals surface area contributed by atoms with E-state index in [0.29, 0.717) is 18.7 Å². The molecule has 1 atom stereocenters. The van der Waals surface area contributed by atoms with Gasteiger partial charge >= 0.3 is 0 Å². The Kier molecular flexibility index (Phi) is 3.61. The Balaban J connectivity index is 2.31. The minimum absolute atomic E-state index is 0.0693. The van der Waals surface area contributed by atoms with Crippen molar-refractivity contribution in [1.82, 2.24) is 9.47 Å². The normalized spacial score (nSPS) is 19.9. The van der Waals surface area contributed by atoms with E-state index in [1.165, 1.54) is 4.90 Å². The Morgan fingerprint density at radius 2 is 2.17 bits per heavy atom. The van der Waals surface area contributed by atoms with Crippen molar-refractivity contribution in [3.8, 4) is 0 Å². The summed E-state index contributed by atoms with van der Waals surface area (Å²) in [4.78, 5) is 25.5. The monoisotopic (exact) mass is 312 g/mol.